The smallest absolute Gasteiger partial charge is 0.195 e. The van der Waals surface area contributed by atoms with Gasteiger partial charge in [-0.05, 0) is 18.1 Å². The normalized spacial score (nSPS) is 13.9. The summed E-state index contributed by atoms with van der Waals surface area (Å²) in [7, 11) is -3.27. The van der Waals surface area contributed by atoms with Crippen molar-refractivity contribution in [2.45, 2.75) is 11.9 Å². The molecule has 1 unspecified atom stereocenters. The van der Waals surface area contributed by atoms with Crippen molar-refractivity contribution in [3.05, 3.63) is 24.4 Å². The van der Waals surface area contributed by atoms with Crippen molar-refractivity contribution in [1.82, 2.24) is 4.98 Å². The molecule has 0 fully saturated rings. The molecule has 1 heterocycles. The fraction of sp³-hybridized carbons (Fsp3) is 0.444. The molecule has 0 amide bonds. The third-order valence-corrected chi connectivity index (χ3v) is 4.14. The third kappa shape index (κ3) is 2.96. The Morgan fingerprint density at radius 3 is 2.71 bits per heavy atom. The molecule has 0 saturated heterocycles. The number of rotatable bonds is 4. The molecule has 0 saturated carbocycles. The summed E-state index contributed by atoms with van der Waals surface area (Å²) in [6.45, 7) is 1.80. The Hall–Kier alpha value is -0.610. The van der Waals surface area contributed by atoms with E-state index in [1.54, 1.807) is 19.1 Å². The van der Waals surface area contributed by atoms with Crippen LogP contribution in [0.15, 0.2) is 29.4 Å². The number of halogens is 1. The van der Waals surface area contributed by atoms with Crippen LogP contribution in [0.25, 0.3) is 0 Å². The highest BCUT2D eigenvalue weighted by molar-refractivity contribution is 7.91. The van der Waals surface area contributed by atoms with Gasteiger partial charge in [-0.2, -0.15) is 0 Å². The highest BCUT2D eigenvalue weighted by Crippen LogP contribution is 2.11. The Kier molecular flexibility index (Phi) is 3.89. The number of pyridine rings is 1. The zero-order valence-electron chi connectivity index (χ0n) is 7.85. The first kappa shape index (κ1) is 11.5. The first-order valence-corrected chi connectivity index (χ1v) is 6.44. The Bertz CT molecular complexity index is 377. The predicted octanol–water partition coefficient (Wildman–Crippen LogP) is 1.73. The molecule has 0 N–H and O–H groups in total. The summed E-state index contributed by atoms with van der Waals surface area (Å²) in [5.74, 6) is 0.336. The van der Waals surface area contributed by atoms with Crippen LogP contribution in [-0.2, 0) is 9.84 Å². The van der Waals surface area contributed by atoms with Crippen molar-refractivity contribution < 1.29 is 8.42 Å². The molecule has 0 aliphatic carbocycles. The summed E-state index contributed by atoms with van der Waals surface area (Å²) in [5.41, 5.74) is 0. The summed E-state index contributed by atoms with van der Waals surface area (Å²) in [6.07, 6.45) is 1.47. The van der Waals surface area contributed by atoms with Crippen LogP contribution in [-0.4, -0.2) is 25.0 Å². The van der Waals surface area contributed by atoms with E-state index in [2.05, 4.69) is 4.98 Å². The largest absolute Gasteiger partial charge is 0.245 e. The molecule has 0 bridgehead atoms. The summed E-state index contributed by atoms with van der Waals surface area (Å²) in [4.78, 5) is 3.81. The van der Waals surface area contributed by atoms with Gasteiger partial charge in [0.05, 0.1) is 5.75 Å². The number of hydrogen-bond donors (Lipinski definition) is 0. The van der Waals surface area contributed by atoms with Gasteiger partial charge in [0, 0.05) is 12.1 Å². The molecular formula is C9H12ClNO2S. The van der Waals surface area contributed by atoms with E-state index in [0.29, 0.717) is 5.88 Å². The van der Waals surface area contributed by atoms with E-state index in [0.717, 1.165) is 0 Å². The molecular weight excluding hydrogens is 222 g/mol. The average molecular weight is 234 g/mol. The highest BCUT2D eigenvalue weighted by Gasteiger charge is 2.18. The molecule has 0 spiro atoms. The SMILES string of the molecule is CC(CCl)CS(=O)(=O)c1ccccn1. The van der Waals surface area contributed by atoms with Crippen LogP contribution in [0.4, 0.5) is 0 Å². The first-order valence-electron chi connectivity index (χ1n) is 4.26. The fourth-order valence-corrected chi connectivity index (χ4v) is 2.82. The molecule has 1 aromatic heterocycles. The Labute approximate surface area is 89.0 Å². The number of alkyl halides is 1. The zero-order valence-corrected chi connectivity index (χ0v) is 9.42. The van der Waals surface area contributed by atoms with Crippen molar-refractivity contribution in [2.75, 3.05) is 11.6 Å². The molecule has 5 heteroatoms. The lowest BCUT2D eigenvalue weighted by Gasteiger charge is -2.07. The van der Waals surface area contributed by atoms with E-state index >= 15 is 0 Å². The van der Waals surface area contributed by atoms with Crippen LogP contribution < -0.4 is 0 Å². The summed E-state index contributed by atoms with van der Waals surface area (Å²) >= 11 is 5.56. The van der Waals surface area contributed by atoms with Gasteiger partial charge in [-0.1, -0.05) is 13.0 Å². The van der Waals surface area contributed by atoms with Crippen LogP contribution in [0.2, 0.25) is 0 Å². The maximum absolute atomic E-state index is 11.7. The lowest BCUT2D eigenvalue weighted by Crippen LogP contribution is -2.16. The Morgan fingerprint density at radius 1 is 1.50 bits per heavy atom. The summed E-state index contributed by atoms with van der Waals surface area (Å²) < 4.78 is 23.4. The molecule has 0 aromatic carbocycles. The zero-order chi connectivity index (χ0) is 10.6. The first-order chi connectivity index (χ1) is 6.56. The summed E-state index contributed by atoms with van der Waals surface area (Å²) in [6, 6.07) is 4.84. The standard InChI is InChI=1S/C9H12ClNO2S/c1-8(6-10)7-14(12,13)9-4-2-3-5-11-9/h2-5,8H,6-7H2,1H3. The number of aromatic nitrogens is 1. The van der Waals surface area contributed by atoms with Crippen LogP contribution in [0.3, 0.4) is 0 Å². The van der Waals surface area contributed by atoms with Gasteiger partial charge in [0.1, 0.15) is 0 Å². The molecule has 1 rings (SSSR count). The van der Waals surface area contributed by atoms with Gasteiger partial charge in [-0.25, -0.2) is 13.4 Å². The van der Waals surface area contributed by atoms with Crippen molar-refractivity contribution in [3.63, 3.8) is 0 Å². The quantitative estimate of drug-likeness (QED) is 0.745. The molecule has 78 valence electrons. The predicted molar refractivity (Wildman–Crippen MR) is 56.2 cm³/mol. The molecule has 0 radical (unpaired) electrons. The molecule has 3 nitrogen and oxygen atoms in total. The van der Waals surface area contributed by atoms with Crippen LogP contribution in [0.1, 0.15) is 6.92 Å². The van der Waals surface area contributed by atoms with Gasteiger partial charge < -0.3 is 0 Å². The van der Waals surface area contributed by atoms with Gasteiger partial charge in [-0.15, -0.1) is 11.6 Å². The second kappa shape index (κ2) is 4.75. The summed E-state index contributed by atoms with van der Waals surface area (Å²) in [5, 5.41) is 0.122. The highest BCUT2D eigenvalue weighted by atomic mass is 35.5. The fourth-order valence-electron chi connectivity index (χ4n) is 1.04. The van der Waals surface area contributed by atoms with Crippen LogP contribution in [0, 0.1) is 5.92 Å². The lowest BCUT2D eigenvalue weighted by atomic mass is 10.3. The number of hydrogen-bond acceptors (Lipinski definition) is 3. The monoisotopic (exact) mass is 233 g/mol. The van der Waals surface area contributed by atoms with E-state index in [4.69, 9.17) is 11.6 Å². The minimum atomic E-state index is -3.27. The van der Waals surface area contributed by atoms with Crippen molar-refractivity contribution >= 4 is 21.4 Å². The van der Waals surface area contributed by atoms with Crippen molar-refractivity contribution in [1.29, 1.82) is 0 Å². The number of sulfone groups is 1. The maximum Gasteiger partial charge on any atom is 0.195 e. The van der Waals surface area contributed by atoms with E-state index in [1.165, 1.54) is 12.3 Å². The molecule has 1 aromatic rings. The van der Waals surface area contributed by atoms with Crippen LogP contribution in [0.5, 0.6) is 0 Å². The van der Waals surface area contributed by atoms with Crippen LogP contribution >= 0.6 is 11.6 Å². The molecule has 14 heavy (non-hydrogen) atoms. The molecule has 1 atom stereocenters. The van der Waals surface area contributed by atoms with E-state index in [1.807, 2.05) is 0 Å². The van der Waals surface area contributed by atoms with Gasteiger partial charge in [0.25, 0.3) is 0 Å². The van der Waals surface area contributed by atoms with Crippen molar-refractivity contribution in [3.8, 4) is 0 Å². The Balaban J connectivity index is 2.87. The lowest BCUT2D eigenvalue weighted by molar-refractivity contribution is 0.579. The van der Waals surface area contributed by atoms with E-state index < -0.39 is 9.84 Å². The van der Waals surface area contributed by atoms with Gasteiger partial charge >= 0.3 is 0 Å². The van der Waals surface area contributed by atoms with Gasteiger partial charge in [-0.3, -0.25) is 0 Å². The Morgan fingerprint density at radius 2 is 2.21 bits per heavy atom. The molecule has 0 aliphatic rings. The topological polar surface area (TPSA) is 47.0 Å². The minimum absolute atomic E-state index is 0.0491. The maximum atomic E-state index is 11.7. The average Bonchev–Trinajstić information content (AvgIpc) is 2.18. The van der Waals surface area contributed by atoms with Gasteiger partial charge in [0.15, 0.2) is 14.9 Å². The number of nitrogens with zero attached hydrogens (tertiary/aromatic N) is 1. The minimum Gasteiger partial charge on any atom is -0.245 e. The second-order valence-corrected chi connectivity index (χ2v) is 5.50. The van der Waals surface area contributed by atoms with Crippen molar-refractivity contribution in [2.24, 2.45) is 5.92 Å². The van der Waals surface area contributed by atoms with Gasteiger partial charge in [0.2, 0.25) is 0 Å². The second-order valence-electron chi connectivity index (χ2n) is 3.21. The third-order valence-electron chi connectivity index (χ3n) is 1.72. The van der Waals surface area contributed by atoms with E-state index in [9.17, 15) is 8.42 Å². The van der Waals surface area contributed by atoms with E-state index in [-0.39, 0.29) is 16.7 Å². The molecule has 0 aliphatic heterocycles.